The van der Waals surface area contributed by atoms with Crippen LogP contribution in [0.5, 0.6) is 0 Å². The van der Waals surface area contributed by atoms with E-state index in [1.54, 1.807) is 28.7 Å². The summed E-state index contributed by atoms with van der Waals surface area (Å²) < 4.78 is 33.9. The van der Waals surface area contributed by atoms with Gasteiger partial charge < -0.3 is 4.74 Å². The van der Waals surface area contributed by atoms with Gasteiger partial charge in [-0.1, -0.05) is 52.2 Å². The first kappa shape index (κ1) is 23.9. The normalized spacial score (nSPS) is 15.9. The Kier molecular flexibility index (Phi) is 7.55. The molecule has 1 aromatic carbocycles. The summed E-state index contributed by atoms with van der Waals surface area (Å²) in [4.78, 5) is 16.6. The molecule has 0 radical (unpaired) electrons. The maximum absolute atomic E-state index is 13.7. The van der Waals surface area contributed by atoms with Crippen molar-refractivity contribution in [3.05, 3.63) is 45.9 Å². The molecule has 0 saturated heterocycles. The summed E-state index contributed by atoms with van der Waals surface area (Å²) in [5.74, 6) is -0.477. The lowest BCUT2D eigenvalue weighted by Crippen LogP contribution is -2.40. The molecule has 6 nitrogen and oxygen atoms in total. The summed E-state index contributed by atoms with van der Waals surface area (Å²) in [5, 5.41) is 2.24. The van der Waals surface area contributed by atoms with Crippen LogP contribution in [0, 0.1) is 0 Å². The van der Waals surface area contributed by atoms with Crippen LogP contribution in [0.4, 0.5) is 0 Å². The summed E-state index contributed by atoms with van der Waals surface area (Å²) in [6.45, 7) is 8.50. The zero-order valence-corrected chi connectivity index (χ0v) is 20.4. The van der Waals surface area contributed by atoms with Crippen LogP contribution < -0.4 is 0 Å². The maximum Gasteiger partial charge on any atom is 0.357 e. The van der Waals surface area contributed by atoms with E-state index in [2.05, 4.69) is 25.8 Å². The standard InChI is InChI=1S/C23H32N2O4S2/c1-5-29-22(26)20-16-30-21(24-20)15-25(18-9-7-6-8-10-18)31(27,28)19-13-11-17(12-14-19)23(2,3)4/h11-14,16,18H,5-10,15H2,1-4H3. The molecule has 170 valence electrons. The number of carbonyl (C=O) groups excluding carboxylic acids is 1. The van der Waals surface area contributed by atoms with Crippen LogP contribution in [-0.4, -0.2) is 36.3 Å². The molecule has 31 heavy (non-hydrogen) atoms. The number of carbonyl (C=O) groups is 1. The third-order valence-electron chi connectivity index (χ3n) is 5.64. The van der Waals surface area contributed by atoms with Crippen molar-refractivity contribution in [1.82, 2.24) is 9.29 Å². The minimum atomic E-state index is -3.70. The molecular weight excluding hydrogens is 432 g/mol. The average molecular weight is 465 g/mol. The van der Waals surface area contributed by atoms with Crippen LogP contribution in [0.2, 0.25) is 0 Å². The highest BCUT2D eigenvalue weighted by atomic mass is 32.2. The Labute approximate surface area is 189 Å². The minimum Gasteiger partial charge on any atom is -0.461 e. The molecular formula is C23H32N2O4S2. The lowest BCUT2D eigenvalue weighted by atomic mass is 9.87. The topological polar surface area (TPSA) is 76.6 Å². The van der Waals surface area contributed by atoms with Gasteiger partial charge in [0, 0.05) is 11.4 Å². The Balaban J connectivity index is 1.90. The fourth-order valence-electron chi connectivity index (χ4n) is 3.86. The van der Waals surface area contributed by atoms with Gasteiger partial charge in [0.1, 0.15) is 5.01 Å². The zero-order chi connectivity index (χ0) is 22.6. The zero-order valence-electron chi connectivity index (χ0n) is 18.8. The van der Waals surface area contributed by atoms with E-state index in [1.165, 1.54) is 11.3 Å². The first-order valence-corrected chi connectivity index (χ1v) is 13.2. The molecule has 0 atom stereocenters. The molecule has 1 aromatic heterocycles. The molecule has 1 aliphatic carbocycles. The van der Waals surface area contributed by atoms with Crippen molar-refractivity contribution in [1.29, 1.82) is 0 Å². The summed E-state index contributed by atoms with van der Waals surface area (Å²) in [6, 6.07) is 7.15. The summed E-state index contributed by atoms with van der Waals surface area (Å²) in [6.07, 6.45) is 4.86. The van der Waals surface area contributed by atoms with Gasteiger partial charge in [-0.3, -0.25) is 0 Å². The van der Waals surface area contributed by atoms with Crippen LogP contribution in [0.1, 0.15) is 80.9 Å². The van der Waals surface area contributed by atoms with Crippen LogP contribution in [0.15, 0.2) is 34.5 Å². The third kappa shape index (κ3) is 5.73. The predicted octanol–water partition coefficient (Wildman–Crippen LogP) is 5.14. The van der Waals surface area contributed by atoms with Crippen molar-refractivity contribution in [2.75, 3.05) is 6.61 Å². The molecule has 0 unspecified atom stereocenters. The first-order chi connectivity index (χ1) is 14.6. The van der Waals surface area contributed by atoms with E-state index in [1.807, 2.05) is 12.1 Å². The molecule has 1 heterocycles. The number of aromatic nitrogens is 1. The maximum atomic E-state index is 13.7. The van der Waals surface area contributed by atoms with E-state index in [4.69, 9.17) is 4.74 Å². The molecule has 0 spiro atoms. The number of sulfonamides is 1. The Hall–Kier alpha value is -1.77. The number of thiazole rings is 1. The SMILES string of the molecule is CCOC(=O)c1csc(CN(C2CCCCC2)S(=O)(=O)c2ccc(C(C)(C)C)cc2)n1. The Morgan fingerprint density at radius 1 is 1.16 bits per heavy atom. The molecule has 1 aliphatic rings. The lowest BCUT2D eigenvalue weighted by molar-refractivity contribution is 0.0520. The predicted molar refractivity (Wildman–Crippen MR) is 123 cm³/mol. The van der Waals surface area contributed by atoms with Crippen molar-refractivity contribution >= 4 is 27.3 Å². The van der Waals surface area contributed by atoms with Crippen molar-refractivity contribution in [2.45, 2.75) is 82.7 Å². The smallest absolute Gasteiger partial charge is 0.357 e. The largest absolute Gasteiger partial charge is 0.461 e. The highest BCUT2D eigenvalue weighted by Gasteiger charge is 2.33. The monoisotopic (exact) mass is 464 g/mol. The van der Waals surface area contributed by atoms with E-state index in [9.17, 15) is 13.2 Å². The summed E-state index contributed by atoms with van der Waals surface area (Å²) in [5.41, 5.74) is 1.28. The first-order valence-electron chi connectivity index (χ1n) is 10.9. The Morgan fingerprint density at radius 3 is 2.39 bits per heavy atom. The van der Waals surface area contributed by atoms with E-state index in [0.717, 1.165) is 37.7 Å². The molecule has 1 fully saturated rings. The number of benzene rings is 1. The highest BCUT2D eigenvalue weighted by molar-refractivity contribution is 7.89. The number of hydrogen-bond acceptors (Lipinski definition) is 6. The fourth-order valence-corrected chi connectivity index (χ4v) is 6.35. The second-order valence-corrected chi connectivity index (χ2v) is 11.8. The quantitative estimate of drug-likeness (QED) is 0.530. The third-order valence-corrected chi connectivity index (χ3v) is 8.38. The molecule has 0 aliphatic heterocycles. The van der Waals surface area contributed by atoms with Crippen LogP contribution >= 0.6 is 11.3 Å². The van der Waals surface area contributed by atoms with Gasteiger partial charge in [-0.15, -0.1) is 11.3 Å². The number of esters is 1. The van der Waals surface area contributed by atoms with E-state index < -0.39 is 16.0 Å². The number of ether oxygens (including phenoxy) is 1. The average Bonchev–Trinajstić information content (AvgIpc) is 3.21. The highest BCUT2D eigenvalue weighted by Crippen LogP contribution is 2.31. The Bertz CT molecular complexity index is 985. The number of rotatable bonds is 7. The molecule has 0 bridgehead atoms. The Morgan fingerprint density at radius 2 is 1.81 bits per heavy atom. The summed E-state index contributed by atoms with van der Waals surface area (Å²) in [7, 11) is -3.70. The van der Waals surface area contributed by atoms with Crippen molar-refractivity contribution in [3.63, 3.8) is 0 Å². The lowest BCUT2D eigenvalue weighted by Gasteiger charge is -2.33. The van der Waals surface area contributed by atoms with Gasteiger partial charge in [-0.25, -0.2) is 18.2 Å². The van der Waals surface area contributed by atoms with Gasteiger partial charge >= 0.3 is 5.97 Å². The second kappa shape index (κ2) is 9.79. The van der Waals surface area contributed by atoms with E-state index in [-0.39, 0.29) is 30.3 Å². The molecule has 0 amide bonds. The van der Waals surface area contributed by atoms with Gasteiger partial charge in [-0.2, -0.15) is 4.31 Å². The fraction of sp³-hybridized carbons (Fsp3) is 0.565. The van der Waals surface area contributed by atoms with Crippen LogP contribution in [-0.2, 0) is 26.7 Å². The number of hydrogen-bond donors (Lipinski definition) is 0. The van der Waals surface area contributed by atoms with Gasteiger partial charge in [0.2, 0.25) is 10.0 Å². The van der Waals surface area contributed by atoms with Gasteiger partial charge in [0.05, 0.1) is 18.0 Å². The molecule has 1 saturated carbocycles. The van der Waals surface area contributed by atoms with E-state index in [0.29, 0.717) is 9.90 Å². The van der Waals surface area contributed by atoms with E-state index >= 15 is 0 Å². The number of nitrogens with zero attached hydrogens (tertiary/aromatic N) is 2. The second-order valence-electron chi connectivity index (χ2n) is 8.96. The van der Waals surface area contributed by atoms with Crippen molar-refractivity contribution in [3.8, 4) is 0 Å². The van der Waals surface area contributed by atoms with Gasteiger partial charge in [0.15, 0.2) is 5.69 Å². The van der Waals surface area contributed by atoms with Gasteiger partial charge in [0.25, 0.3) is 0 Å². The van der Waals surface area contributed by atoms with Crippen LogP contribution in [0.3, 0.4) is 0 Å². The van der Waals surface area contributed by atoms with Crippen molar-refractivity contribution < 1.29 is 17.9 Å². The summed E-state index contributed by atoms with van der Waals surface area (Å²) >= 11 is 1.30. The minimum absolute atomic E-state index is 0.0459. The molecule has 0 N–H and O–H groups in total. The molecule has 8 heteroatoms. The molecule has 3 rings (SSSR count). The van der Waals surface area contributed by atoms with Crippen molar-refractivity contribution in [2.24, 2.45) is 0 Å². The van der Waals surface area contributed by atoms with Crippen LogP contribution in [0.25, 0.3) is 0 Å². The van der Waals surface area contributed by atoms with Gasteiger partial charge in [-0.05, 0) is 42.9 Å². The molecule has 2 aromatic rings.